The van der Waals surface area contributed by atoms with Gasteiger partial charge in [0.15, 0.2) is 0 Å². The molecule has 0 bridgehead atoms. The van der Waals surface area contributed by atoms with E-state index in [2.05, 4.69) is 15.2 Å². The first-order chi connectivity index (χ1) is 12.8. The van der Waals surface area contributed by atoms with Crippen LogP contribution in [-0.4, -0.2) is 45.2 Å². The van der Waals surface area contributed by atoms with Gasteiger partial charge in [-0.1, -0.05) is 12.1 Å². The van der Waals surface area contributed by atoms with E-state index in [1.54, 1.807) is 23.7 Å². The molecule has 26 heavy (non-hydrogen) atoms. The summed E-state index contributed by atoms with van der Waals surface area (Å²) in [7, 11) is 0. The zero-order chi connectivity index (χ0) is 17.8. The molecule has 0 aromatic carbocycles. The monoisotopic (exact) mass is 368 g/mol. The second kappa shape index (κ2) is 7.80. The van der Waals surface area contributed by atoms with Gasteiger partial charge in [0.1, 0.15) is 0 Å². The van der Waals surface area contributed by atoms with Gasteiger partial charge < -0.3 is 9.64 Å². The minimum absolute atomic E-state index is 0.00767. The van der Waals surface area contributed by atoms with Crippen LogP contribution in [0, 0.1) is 0 Å². The molecule has 1 unspecified atom stereocenters. The number of nitrogens with one attached hydrogen (secondary N) is 1. The predicted octanol–water partition coefficient (Wildman–Crippen LogP) is 3.35. The molecule has 4 rings (SSSR count). The Morgan fingerprint density at radius 1 is 1.35 bits per heavy atom. The van der Waals surface area contributed by atoms with Gasteiger partial charge in [0, 0.05) is 19.3 Å². The average Bonchev–Trinajstić information content (AvgIpc) is 3.38. The Labute approximate surface area is 155 Å². The molecule has 7 heteroatoms. The molecule has 6 nitrogen and oxygen atoms in total. The molecular formula is C19H20N4O2S. The summed E-state index contributed by atoms with van der Waals surface area (Å²) in [6, 6.07) is 9.75. The van der Waals surface area contributed by atoms with Gasteiger partial charge in [-0.15, -0.1) is 11.3 Å². The van der Waals surface area contributed by atoms with Gasteiger partial charge in [0.05, 0.1) is 40.7 Å². The SMILES string of the molecule is O=C(c1cn[nH]c1-c1cccs1)N1CCCC(OCc2ccccn2)C1. The topological polar surface area (TPSA) is 71.1 Å². The summed E-state index contributed by atoms with van der Waals surface area (Å²) in [6.07, 6.45) is 5.31. The number of pyridine rings is 1. The molecule has 3 aromatic heterocycles. The van der Waals surface area contributed by atoms with Crippen molar-refractivity contribution < 1.29 is 9.53 Å². The van der Waals surface area contributed by atoms with E-state index < -0.39 is 0 Å². The van der Waals surface area contributed by atoms with Crippen molar-refractivity contribution in [1.29, 1.82) is 0 Å². The van der Waals surface area contributed by atoms with E-state index in [4.69, 9.17) is 4.74 Å². The summed E-state index contributed by atoms with van der Waals surface area (Å²) in [5, 5.41) is 9.04. The van der Waals surface area contributed by atoms with Crippen LogP contribution in [0.2, 0.25) is 0 Å². The van der Waals surface area contributed by atoms with Crippen LogP contribution in [-0.2, 0) is 11.3 Å². The second-order valence-electron chi connectivity index (χ2n) is 6.28. The van der Waals surface area contributed by atoms with Crippen LogP contribution < -0.4 is 0 Å². The Kier molecular flexibility index (Phi) is 5.08. The number of amides is 1. The summed E-state index contributed by atoms with van der Waals surface area (Å²) in [5.41, 5.74) is 2.32. The van der Waals surface area contributed by atoms with Gasteiger partial charge in [-0.2, -0.15) is 5.10 Å². The smallest absolute Gasteiger partial charge is 0.257 e. The zero-order valence-corrected chi connectivity index (χ0v) is 15.1. The van der Waals surface area contributed by atoms with Gasteiger partial charge in [-0.3, -0.25) is 14.9 Å². The van der Waals surface area contributed by atoms with Crippen molar-refractivity contribution in [3.8, 4) is 10.6 Å². The Hall–Kier alpha value is -2.51. The van der Waals surface area contributed by atoms with E-state index >= 15 is 0 Å². The summed E-state index contributed by atoms with van der Waals surface area (Å²) in [6.45, 7) is 1.82. The van der Waals surface area contributed by atoms with Gasteiger partial charge >= 0.3 is 0 Å². The Balaban J connectivity index is 1.42. The number of aromatic amines is 1. The van der Waals surface area contributed by atoms with E-state index in [0.29, 0.717) is 18.7 Å². The highest BCUT2D eigenvalue weighted by Gasteiger charge is 2.27. The minimum Gasteiger partial charge on any atom is -0.370 e. The average molecular weight is 368 g/mol. The first kappa shape index (κ1) is 16.9. The number of aromatic nitrogens is 3. The molecule has 0 radical (unpaired) electrons. The summed E-state index contributed by atoms with van der Waals surface area (Å²) in [4.78, 5) is 20.2. The minimum atomic E-state index is 0.00767. The fourth-order valence-corrected chi connectivity index (χ4v) is 3.91. The van der Waals surface area contributed by atoms with Crippen molar-refractivity contribution in [2.24, 2.45) is 0 Å². The number of nitrogens with zero attached hydrogens (tertiary/aromatic N) is 3. The Morgan fingerprint density at radius 2 is 2.31 bits per heavy atom. The van der Waals surface area contributed by atoms with Gasteiger partial charge in [-0.25, -0.2) is 0 Å². The number of thiophene rings is 1. The molecule has 1 aliphatic heterocycles. The van der Waals surface area contributed by atoms with E-state index in [9.17, 15) is 4.79 Å². The first-order valence-corrected chi connectivity index (χ1v) is 9.57. The van der Waals surface area contributed by atoms with Crippen molar-refractivity contribution in [3.05, 3.63) is 59.4 Å². The molecule has 1 N–H and O–H groups in total. The number of likely N-dealkylation sites (tertiary alicyclic amines) is 1. The number of H-pyrrole nitrogens is 1. The van der Waals surface area contributed by atoms with Crippen molar-refractivity contribution in [1.82, 2.24) is 20.1 Å². The molecule has 1 fully saturated rings. The van der Waals surface area contributed by atoms with Gasteiger partial charge in [0.25, 0.3) is 5.91 Å². The Morgan fingerprint density at radius 3 is 3.12 bits per heavy atom. The summed E-state index contributed by atoms with van der Waals surface area (Å²) < 4.78 is 5.99. The van der Waals surface area contributed by atoms with E-state index in [1.165, 1.54) is 0 Å². The maximum absolute atomic E-state index is 13.0. The van der Waals surface area contributed by atoms with Crippen LogP contribution in [0.25, 0.3) is 10.6 Å². The quantitative estimate of drug-likeness (QED) is 0.750. The number of rotatable bonds is 5. The standard InChI is InChI=1S/C19H20N4O2S/c24-19(16-11-21-22-18(16)17-7-4-10-26-17)23-9-3-6-15(12-23)25-13-14-5-1-2-8-20-14/h1-2,4-5,7-8,10-11,15H,3,6,9,12-13H2,(H,21,22). The highest BCUT2D eigenvalue weighted by Crippen LogP contribution is 2.27. The molecule has 4 heterocycles. The molecule has 0 spiro atoms. The third-order valence-corrected chi connectivity index (χ3v) is 5.38. The number of hydrogen-bond acceptors (Lipinski definition) is 5. The fourth-order valence-electron chi connectivity index (χ4n) is 3.17. The molecular weight excluding hydrogens is 348 g/mol. The van der Waals surface area contributed by atoms with Crippen LogP contribution in [0.5, 0.6) is 0 Å². The van der Waals surface area contributed by atoms with Crippen LogP contribution in [0.15, 0.2) is 48.1 Å². The number of hydrogen-bond donors (Lipinski definition) is 1. The lowest BCUT2D eigenvalue weighted by molar-refractivity contribution is -0.00783. The van der Waals surface area contributed by atoms with Crippen LogP contribution >= 0.6 is 11.3 Å². The van der Waals surface area contributed by atoms with Gasteiger partial charge in [-0.05, 0) is 36.4 Å². The molecule has 1 atom stereocenters. The molecule has 0 aliphatic carbocycles. The summed E-state index contributed by atoms with van der Waals surface area (Å²) >= 11 is 1.59. The van der Waals surface area contributed by atoms with Crippen LogP contribution in [0.3, 0.4) is 0 Å². The third kappa shape index (κ3) is 3.68. The summed E-state index contributed by atoms with van der Waals surface area (Å²) in [5.74, 6) is 0.00767. The maximum atomic E-state index is 13.0. The normalized spacial score (nSPS) is 17.4. The van der Waals surface area contributed by atoms with Crippen molar-refractivity contribution >= 4 is 17.2 Å². The zero-order valence-electron chi connectivity index (χ0n) is 14.3. The molecule has 1 aliphatic rings. The maximum Gasteiger partial charge on any atom is 0.257 e. The molecule has 0 saturated carbocycles. The lowest BCUT2D eigenvalue weighted by Gasteiger charge is -2.32. The molecule has 134 valence electrons. The van der Waals surface area contributed by atoms with Crippen molar-refractivity contribution in [2.45, 2.75) is 25.6 Å². The highest BCUT2D eigenvalue weighted by atomic mass is 32.1. The Bertz CT molecular complexity index is 848. The fraction of sp³-hybridized carbons (Fsp3) is 0.316. The van der Waals surface area contributed by atoms with Crippen molar-refractivity contribution in [3.63, 3.8) is 0 Å². The number of carbonyl (C=O) groups excluding carboxylic acids is 1. The predicted molar refractivity (Wildman–Crippen MR) is 99.9 cm³/mol. The van der Waals surface area contributed by atoms with E-state index in [-0.39, 0.29) is 12.0 Å². The number of piperidine rings is 1. The molecule has 3 aromatic rings. The van der Waals surface area contributed by atoms with Gasteiger partial charge in [0.2, 0.25) is 0 Å². The number of carbonyl (C=O) groups is 1. The molecule has 1 amide bonds. The highest BCUT2D eigenvalue weighted by molar-refractivity contribution is 7.13. The first-order valence-electron chi connectivity index (χ1n) is 8.69. The second-order valence-corrected chi connectivity index (χ2v) is 7.23. The lowest BCUT2D eigenvalue weighted by atomic mass is 10.1. The number of ether oxygens (including phenoxy) is 1. The largest absolute Gasteiger partial charge is 0.370 e. The van der Waals surface area contributed by atoms with Crippen molar-refractivity contribution in [2.75, 3.05) is 13.1 Å². The molecule has 1 saturated heterocycles. The lowest BCUT2D eigenvalue weighted by Crippen LogP contribution is -2.43. The third-order valence-electron chi connectivity index (χ3n) is 4.50. The van der Waals surface area contributed by atoms with E-state index in [1.807, 2.05) is 40.6 Å². The van der Waals surface area contributed by atoms with Crippen LogP contribution in [0.1, 0.15) is 28.9 Å². The van der Waals surface area contributed by atoms with E-state index in [0.717, 1.165) is 35.7 Å². The van der Waals surface area contributed by atoms with Crippen LogP contribution in [0.4, 0.5) is 0 Å².